The lowest BCUT2D eigenvalue weighted by Crippen LogP contribution is -2.37. The number of hydrogen-bond acceptors (Lipinski definition) is 2. The number of carbonyl (C=O) groups excluding carboxylic acids is 1. The summed E-state index contributed by atoms with van der Waals surface area (Å²) in [5, 5.41) is 0. The number of alkyl halides is 3. The maximum Gasteiger partial charge on any atom is 0.405 e. The maximum absolute atomic E-state index is 13.7. The Morgan fingerprint density at radius 1 is 1.21 bits per heavy atom. The van der Waals surface area contributed by atoms with Crippen molar-refractivity contribution in [2.75, 3.05) is 11.4 Å². The van der Waals surface area contributed by atoms with E-state index < -0.39 is 36.1 Å². The van der Waals surface area contributed by atoms with Crippen LogP contribution in [0.5, 0.6) is 0 Å². The van der Waals surface area contributed by atoms with Gasteiger partial charge in [0.1, 0.15) is 30.2 Å². The molecule has 0 radical (unpaired) electrons. The van der Waals surface area contributed by atoms with Gasteiger partial charge in [-0.3, -0.25) is 4.79 Å². The third kappa shape index (κ3) is 3.21. The molecule has 0 unspecified atom stereocenters. The fourth-order valence-corrected chi connectivity index (χ4v) is 1.90. The van der Waals surface area contributed by atoms with Gasteiger partial charge in [0.05, 0.1) is 0 Å². The first-order chi connectivity index (χ1) is 8.81. The molecule has 0 atom stereocenters. The van der Waals surface area contributed by atoms with Crippen molar-refractivity contribution in [2.45, 2.75) is 25.1 Å². The van der Waals surface area contributed by atoms with Crippen LogP contribution >= 0.6 is 0 Å². The SMILES string of the molecule is O=Cc1cc(F)c(N(CC(F)(F)F)C2CC2)c(F)c1. The summed E-state index contributed by atoms with van der Waals surface area (Å²) in [6, 6.07) is 0.960. The molecule has 1 fully saturated rings. The number of anilines is 1. The minimum absolute atomic E-state index is 0.237. The molecule has 2 rings (SSSR count). The normalized spacial score (nSPS) is 15.4. The van der Waals surface area contributed by atoms with E-state index in [0.29, 0.717) is 17.7 Å². The average Bonchev–Trinajstić information content (AvgIpc) is 3.08. The van der Waals surface area contributed by atoms with E-state index in [2.05, 4.69) is 0 Å². The lowest BCUT2D eigenvalue weighted by atomic mass is 10.2. The molecule has 0 aromatic heterocycles. The van der Waals surface area contributed by atoms with Crippen molar-refractivity contribution in [2.24, 2.45) is 0 Å². The summed E-state index contributed by atoms with van der Waals surface area (Å²) in [4.78, 5) is 11.1. The first kappa shape index (κ1) is 13.8. The molecule has 1 aromatic carbocycles. The Morgan fingerprint density at radius 3 is 2.11 bits per heavy atom. The average molecular weight is 279 g/mol. The number of hydrogen-bond donors (Lipinski definition) is 0. The largest absolute Gasteiger partial charge is 0.405 e. The standard InChI is InChI=1S/C12H10F5NO/c13-9-3-7(5-19)4-10(14)11(9)18(8-1-2-8)6-12(15,16)17/h3-5,8H,1-2,6H2. The highest BCUT2D eigenvalue weighted by molar-refractivity contribution is 5.76. The lowest BCUT2D eigenvalue weighted by Gasteiger charge is -2.26. The highest BCUT2D eigenvalue weighted by Gasteiger charge is 2.40. The smallest absolute Gasteiger partial charge is 0.355 e. The molecule has 0 heterocycles. The number of nitrogens with zero attached hydrogens (tertiary/aromatic N) is 1. The Labute approximate surface area is 105 Å². The fourth-order valence-electron chi connectivity index (χ4n) is 1.90. The summed E-state index contributed by atoms with van der Waals surface area (Å²) in [5.74, 6) is -2.31. The second-order valence-electron chi connectivity index (χ2n) is 4.43. The molecule has 7 heteroatoms. The van der Waals surface area contributed by atoms with Gasteiger partial charge in [0, 0.05) is 11.6 Å². The summed E-state index contributed by atoms with van der Waals surface area (Å²) in [6.45, 7) is -1.41. The molecule has 104 valence electrons. The van der Waals surface area contributed by atoms with Gasteiger partial charge in [0.2, 0.25) is 0 Å². The van der Waals surface area contributed by atoms with Gasteiger partial charge < -0.3 is 4.90 Å². The molecule has 0 aliphatic heterocycles. The molecular weight excluding hydrogens is 269 g/mol. The third-order valence-electron chi connectivity index (χ3n) is 2.80. The van der Waals surface area contributed by atoms with Crippen molar-refractivity contribution in [3.63, 3.8) is 0 Å². The molecule has 0 amide bonds. The van der Waals surface area contributed by atoms with Crippen LogP contribution in [0, 0.1) is 11.6 Å². The Bertz CT molecular complexity index is 472. The molecule has 0 N–H and O–H groups in total. The van der Waals surface area contributed by atoms with Gasteiger partial charge in [0.25, 0.3) is 0 Å². The Balaban J connectivity index is 2.39. The van der Waals surface area contributed by atoms with Crippen LogP contribution in [0.1, 0.15) is 23.2 Å². The predicted octanol–water partition coefficient (Wildman–Crippen LogP) is 3.31. The summed E-state index contributed by atoms with van der Waals surface area (Å²) in [7, 11) is 0. The quantitative estimate of drug-likeness (QED) is 0.622. The lowest BCUT2D eigenvalue weighted by molar-refractivity contribution is -0.120. The van der Waals surface area contributed by atoms with Gasteiger partial charge in [-0.2, -0.15) is 13.2 Å². The van der Waals surface area contributed by atoms with Crippen LogP contribution in [0.15, 0.2) is 12.1 Å². The molecule has 1 aliphatic carbocycles. The summed E-state index contributed by atoms with van der Waals surface area (Å²) < 4.78 is 64.7. The monoisotopic (exact) mass is 279 g/mol. The molecule has 0 bridgehead atoms. The topological polar surface area (TPSA) is 20.3 Å². The second kappa shape index (κ2) is 4.79. The zero-order valence-electron chi connectivity index (χ0n) is 9.68. The van der Waals surface area contributed by atoms with Crippen molar-refractivity contribution >= 4 is 12.0 Å². The van der Waals surface area contributed by atoms with E-state index >= 15 is 0 Å². The molecule has 0 spiro atoms. The predicted molar refractivity (Wildman–Crippen MR) is 58.2 cm³/mol. The van der Waals surface area contributed by atoms with Gasteiger partial charge in [-0.1, -0.05) is 0 Å². The molecular formula is C12H10F5NO. The van der Waals surface area contributed by atoms with Crippen LogP contribution in [-0.2, 0) is 0 Å². The Morgan fingerprint density at radius 2 is 1.74 bits per heavy atom. The summed E-state index contributed by atoms with van der Waals surface area (Å²) in [6.07, 6.45) is -3.39. The van der Waals surface area contributed by atoms with E-state index in [1.54, 1.807) is 0 Å². The highest BCUT2D eigenvalue weighted by atomic mass is 19.4. The van der Waals surface area contributed by atoms with Crippen LogP contribution in [0.25, 0.3) is 0 Å². The van der Waals surface area contributed by atoms with E-state index in [0.717, 1.165) is 12.1 Å². The van der Waals surface area contributed by atoms with Crippen LogP contribution in [0.4, 0.5) is 27.6 Å². The summed E-state index contributed by atoms with van der Waals surface area (Å²) in [5.41, 5.74) is -0.966. The van der Waals surface area contributed by atoms with Gasteiger partial charge in [-0.15, -0.1) is 0 Å². The minimum atomic E-state index is -4.55. The number of aldehydes is 1. The summed E-state index contributed by atoms with van der Waals surface area (Å²) >= 11 is 0. The first-order valence-electron chi connectivity index (χ1n) is 5.59. The van der Waals surface area contributed by atoms with E-state index in [1.165, 1.54) is 0 Å². The molecule has 1 saturated carbocycles. The van der Waals surface area contributed by atoms with Gasteiger partial charge in [-0.25, -0.2) is 8.78 Å². The highest BCUT2D eigenvalue weighted by Crippen LogP contribution is 2.37. The van der Waals surface area contributed by atoms with Gasteiger partial charge in [-0.05, 0) is 25.0 Å². The van der Waals surface area contributed by atoms with Gasteiger partial charge in [0.15, 0.2) is 0 Å². The molecule has 2 nitrogen and oxygen atoms in total. The first-order valence-corrected chi connectivity index (χ1v) is 5.59. The molecule has 1 aromatic rings. The third-order valence-corrected chi connectivity index (χ3v) is 2.80. The Kier molecular flexibility index (Phi) is 3.47. The van der Waals surface area contributed by atoms with Crippen molar-refractivity contribution < 1.29 is 26.7 Å². The van der Waals surface area contributed by atoms with E-state index in [1.807, 2.05) is 0 Å². The second-order valence-corrected chi connectivity index (χ2v) is 4.43. The number of rotatable bonds is 4. The molecule has 0 saturated heterocycles. The van der Waals surface area contributed by atoms with Crippen LogP contribution < -0.4 is 4.90 Å². The number of benzene rings is 1. The van der Waals surface area contributed by atoms with Crippen LogP contribution in [0.2, 0.25) is 0 Å². The number of halogens is 5. The van der Waals surface area contributed by atoms with Crippen molar-refractivity contribution in [3.8, 4) is 0 Å². The zero-order valence-corrected chi connectivity index (χ0v) is 9.68. The fraction of sp³-hybridized carbons (Fsp3) is 0.417. The van der Waals surface area contributed by atoms with E-state index in [-0.39, 0.29) is 11.8 Å². The Hall–Kier alpha value is -1.66. The van der Waals surface area contributed by atoms with E-state index in [4.69, 9.17) is 0 Å². The molecule has 19 heavy (non-hydrogen) atoms. The minimum Gasteiger partial charge on any atom is -0.355 e. The number of carbonyl (C=O) groups is 1. The van der Waals surface area contributed by atoms with Gasteiger partial charge >= 0.3 is 6.18 Å². The van der Waals surface area contributed by atoms with Crippen molar-refractivity contribution in [1.29, 1.82) is 0 Å². The zero-order chi connectivity index (χ0) is 14.2. The molecule has 1 aliphatic rings. The van der Waals surface area contributed by atoms with Crippen molar-refractivity contribution in [1.82, 2.24) is 0 Å². The maximum atomic E-state index is 13.7. The van der Waals surface area contributed by atoms with E-state index in [9.17, 15) is 26.7 Å². The van der Waals surface area contributed by atoms with Crippen LogP contribution in [-0.4, -0.2) is 25.0 Å². The van der Waals surface area contributed by atoms with Crippen molar-refractivity contribution in [3.05, 3.63) is 29.3 Å². The van der Waals surface area contributed by atoms with Crippen LogP contribution in [0.3, 0.4) is 0 Å².